The molecule has 1 aliphatic heterocycles. The van der Waals surface area contributed by atoms with E-state index in [-0.39, 0.29) is 37.8 Å². The van der Waals surface area contributed by atoms with Gasteiger partial charge in [0.25, 0.3) is 0 Å². The van der Waals surface area contributed by atoms with Crippen molar-refractivity contribution in [1.82, 2.24) is 15.5 Å². The van der Waals surface area contributed by atoms with E-state index in [1.807, 2.05) is 0 Å². The van der Waals surface area contributed by atoms with E-state index >= 15 is 0 Å². The van der Waals surface area contributed by atoms with Crippen molar-refractivity contribution in [3.8, 4) is 0 Å². The van der Waals surface area contributed by atoms with Crippen LogP contribution in [0.1, 0.15) is 46.0 Å². The lowest BCUT2D eigenvalue weighted by atomic mass is 10.0. The molecule has 0 radical (unpaired) electrons. The Labute approximate surface area is 197 Å². The average molecular weight is 486 g/mol. The molecule has 1 rings (SSSR count). The standard InChI is InChI=1S/C20H35N7O7/c1-10(2)15(19(33)34)26-17(31)13-6-4-8-27(13)18(32)12(9-14(28)29)25-16(30)11(21)5-3-7-24-20(22)23/h10-13,15H,3-9,21H2,1-2H3,(H,25,30)(H,26,31)(H,28,29)(H,33,34)(H4,22,23,24). The molecule has 0 aliphatic carbocycles. The highest BCUT2D eigenvalue weighted by molar-refractivity contribution is 5.96. The minimum Gasteiger partial charge on any atom is -0.481 e. The first kappa shape index (κ1) is 28.6. The van der Waals surface area contributed by atoms with E-state index < -0.39 is 60.2 Å². The van der Waals surface area contributed by atoms with Crippen molar-refractivity contribution in [3.63, 3.8) is 0 Å². The van der Waals surface area contributed by atoms with Crippen molar-refractivity contribution < 1.29 is 34.2 Å². The maximum absolute atomic E-state index is 13.1. The Kier molecular flexibility index (Phi) is 11.2. The number of nitrogens with zero attached hydrogens (tertiary/aromatic N) is 2. The highest BCUT2D eigenvalue weighted by Crippen LogP contribution is 2.20. The van der Waals surface area contributed by atoms with Gasteiger partial charge in [0.15, 0.2) is 5.96 Å². The summed E-state index contributed by atoms with van der Waals surface area (Å²) in [6.45, 7) is 3.68. The van der Waals surface area contributed by atoms with E-state index in [1.54, 1.807) is 13.8 Å². The average Bonchev–Trinajstić information content (AvgIpc) is 3.22. The SMILES string of the molecule is CC(C)C(NC(=O)C1CCCN1C(=O)C(CC(=O)O)NC(=O)C(N)CCCN=C(N)N)C(=O)O. The van der Waals surface area contributed by atoms with E-state index in [0.29, 0.717) is 12.8 Å². The van der Waals surface area contributed by atoms with E-state index in [9.17, 15) is 34.2 Å². The van der Waals surface area contributed by atoms with Crippen molar-refractivity contribution in [2.45, 2.75) is 70.1 Å². The molecule has 14 nitrogen and oxygen atoms in total. The molecule has 4 unspecified atom stereocenters. The number of rotatable bonds is 13. The second-order valence-corrected chi connectivity index (χ2v) is 8.47. The summed E-state index contributed by atoms with van der Waals surface area (Å²) in [6.07, 6.45) is 0.608. The van der Waals surface area contributed by atoms with Crippen molar-refractivity contribution in [1.29, 1.82) is 0 Å². The van der Waals surface area contributed by atoms with Crippen LogP contribution in [0.2, 0.25) is 0 Å². The largest absolute Gasteiger partial charge is 0.481 e. The van der Waals surface area contributed by atoms with Crippen LogP contribution in [0.4, 0.5) is 0 Å². The molecule has 4 atom stereocenters. The summed E-state index contributed by atoms with van der Waals surface area (Å²) in [7, 11) is 0. The number of aliphatic imine (C=N–C) groups is 1. The lowest BCUT2D eigenvalue weighted by molar-refractivity contribution is -0.147. The molecular formula is C20H35N7O7. The van der Waals surface area contributed by atoms with Gasteiger partial charge in [-0.2, -0.15) is 0 Å². The molecule has 1 heterocycles. The molecule has 14 heteroatoms. The second-order valence-electron chi connectivity index (χ2n) is 8.47. The molecule has 0 saturated carbocycles. The Morgan fingerprint density at radius 1 is 1.12 bits per heavy atom. The normalized spacial score (nSPS) is 18.0. The van der Waals surface area contributed by atoms with Crippen LogP contribution in [0.25, 0.3) is 0 Å². The molecule has 3 amide bonds. The fourth-order valence-corrected chi connectivity index (χ4v) is 3.57. The zero-order chi connectivity index (χ0) is 26.0. The summed E-state index contributed by atoms with van der Waals surface area (Å²) < 4.78 is 0. The van der Waals surface area contributed by atoms with Crippen LogP contribution in [-0.2, 0) is 24.0 Å². The number of carboxylic acid groups (broad SMARTS) is 2. The molecule has 34 heavy (non-hydrogen) atoms. The minimum absolute atomic E-state index is 0.0996. The topological polar surface area (TPSA) is 244 Å². The lowest BCUT2D eigenvalue weighted by Gasteiger charge is -2.30. The molecule has 10 N–H and O–H groups in total. The summed E-state index contributed by atoms with van der Waals surface area (Å²) in [5.41, 5.74) is 16.3. The Balaban J connectivity index is 2.88. The van der Waals surface area contributed by atoms with Crippen LogP contribution >= 0.6 is 0 Å². The van der Waals surface area contributed by atoms with Gasteiger partial charge in [0, 0.05) is 13.1 Å². The highest BCUT2D eigenvalue weighted by atomic mass is 16.4. The number of nitrogens with one attached hydrogen (secondary N) is 2. The molecule has 1 saturated heterocycles. The summed E-state index contributed by atoms with van der Waals surface area (Å²) in [6, 6.07) is -4.59. The molecule has 0 bridgehead atoms. The van der Waals surface area contributed by atoms with Gasteiger partial charge >= 0.3 is 11.9 Å². The number of likely N-dealkylation sites (tertiary alicyclic amines) is 1. The number of aliphatic carboxylic acids is 2. The van der Waals surface area contributed by atoms with Gasteiger partial charge in [-0.05, 0) is 31.6 Å². The number of carbonyl (C=O) groups is 5. The van der Waals surface area contributed by atoms with Crippen LogP contribution in [-0.4, -0.2) is 88.0 Å². The molecule has 1 aliphatic rings. The molecule has 0 aromatic heterocycles. The van der Waals surface area contributed by atoms with E-state index in [4.69, 9.17) is 17.2 Å². The number of guanidine groups is 1. The first-order valence-corrected chi connectivity index (χ1v) is 11.0. The van der Waals surface area contributed by atoms with Crippen LogP contribution in [0, 0.1) is 5.92 Å². The zero-order valence-corrected chi connectivity index (χ0v) is 19.4. The van der Waals surface area contributed by atoms with Gasteiger partial charge in [-0.3, -0.25) is 24.2 Å². The predicted octanol–water partition coefficient (Wildman–Crippen LogP) is -2.46. The Morgan fingerprint density at radius 2 is 1.76 bits per heavy atom. The van der Waals surface area contributed by atoms with Crippen LogP contribution in [0.5, 0.6) is 0 Å². The summed E-state index contributed by atoms with van der Waals surface area (Å²) >= 11 is 0. The van der Waals surface area contributed by atoms with Gasteiger partial charge in [-0.25, -0.2) is 4.79 Å². The third kappa shape index (κ3) is 8.84. The fourth-order valence-electron chi connectivity index (χ4n) is 3.57. The second kappa shape index (κ2) is 13.3. The third-order valence-corrected chi connectivity index (χ3v) is 5.37. The first-order chi connectivity index (χ1) is 15.8. The van der Waals surface area contributed by atoms with Gasteiger partial charge in [0.2, 0.25) is 17.7 Å². The summed E-state index contributed by atoms with van der Waals surface area (Å²) in [4.78, 5) is 66.0. The molecule has 192 valence electrons. The maximum atomic E-state index is 13.1. The molecule has 0 spiro atoms. The predicted molar refractivity (Wildman–Crippen MR) is 121 cm³/mol. The van der Waals surface area contributed by atoms with Crippen molar-refractivity contribution in [3.05, 3.63) is 0 Å². The first-order valence-electron chi connectivity index (χ1n) is 11.0. The Morgan fingerprint density at radius 3 is 2.29 bits per heavy atom. The number of amides is 3. The number of carboxylic acids is 2. The maximum Gasteiger partial charge on any atom is 0.326 e. The summed E-state index contributed by atoms with van der Waals surface area (Å²) in [5, 5.41) is 23.3. The molecule has 0 aromatic rings. The smallest absolute Gasteiger partial charge is 0.326 e. The van der Waals surface area contributed by atoms with Crippen LogP contribution in [0.15, 0.2) is 4.99 Å². The molecule has 0 aromatic carbocycles. The van der Waals surface area contributed by atoms with Gasteiger partial charge in [-0.1, -0.05) is 13.8 Å². The summed E-state index contributed by atoms with van der Waals surface area (Å²) in [5.74, 6) is -5.15. The Bertz CT molecular complexity index is 798. The van der Waals surface area contributed by atoms with Gasteiger partial charge in [0.05, 0.1) is 12.5 Å². The fraction of sp³-hybridized carbons (Fsp3) is 0.700. The van der Waals surface area contributed by atoms with Gasteiger partial charge in [0.1, 0.15) is 18.1 Å². The zero-order valence-electron chi connectivity index (χ0n) is 19.4. The van der Waals surface area contributed by atoms with E-state index in [1.165, 1.54) is 4.90 Å². The lowest BCUT2D eigenvalue weighted by Crippen LogP contribution is -2.57. The highest BCUT2D eigenvalue weighted by Gasteiger charge is 2.40. The van der Waals surface area contributed by atoms with Crippen molar-refractivity contribution in [2.75, 3.05) is 13.1 Å². The van der Waals surface area contributed by atoms with Gasteiger partial charge < -0.3 is 42.9 Å². The quantitative estimate of drug-likeness (QED) is 0.0823. The third-order valence-electron chi connectivity index (χ3n) is 5.37. The van der Waals surface area contributed by atoms with Crippen molar-refractivity contribution in [2.24, 2.45) is 28.1 Å². The monoisotopic (exact) mass is 485 g/mol. The van der Waals surface area contributed by atoms with E-state index in [0.717, 1.165) is 0 Å². The number of hydrogen-bond acceptors (Lipinski definition) is 7. The number of nitrogens with two attached hydrogens (primary N) is 3. The van der Waals surface area contributed by atoms with Crippen molar-refractivity contribution >= 4 is 35.6 Å². The molecule has 1 fully saturated rings. The number of carbonyl (C=O) groups excluding carboxylic acids is 3. The number of hydrogen-bond donors (Lipinski definition) is 7. The van der Waals surface area contributed by atoms with Crippen LogP contribution < -0.4 is 27.8 Å². The van der Waals surface area contributed by atoms with E-state index in [2.05, 4.69) is 15.6 Å². The minimum atomic E-state index is -1.44. The van der Waals surface area contributed by atoms with Crippen LogP contribution in [0.3, 0.4) is 0 Å². The van der Waals surface area contributed by atoms with Gasteiger partial charge in [-0.15, -0.1) is 0 Å². The Hall–Kier alpha value is -3.42. The molecular weight excluding hydrogens is 450 g/mol.